The molecule has 0 spiro atoms. The Kier molecular flexibility index (Phi) is 4.83. The van der Waals surface area contributed by atoms with Crippen LogP contribution in [0.1, 0.15) is 21.6 Å². The van der Waals surface area contributed by atoms with Crippen molar-refractivity contribution in [2.75, 3.05) is 0 Å². The van der Waals surface area contributed by atoms with Gasteiger partial charge in [-0.1, -0.05) is 15.9 Å². The van der Waals surface area contributed by atoms with Gasteiger partial charge in [0.25, 0.3) is 0 Å². The van der Waals surface area contributed by atoms with Gasteiger partial charge in [0.15, 0.2) is 0 Å². The van der Waals surface area contributed by atoms with Crippen molar-refractivity contribution in [3.05, 3.63) is 57.8 Å². The lowest BCUT2D eigenvalue weighted by atomic mass is 10.2. The molecule has 7 heteroatoms. The van der Waals surface area contributed by atoms with Crippen LogP contribution in [-0.2, 0) is 16.6 Å². The molecule has 1 aromatic heterocycles. The second-order valence-electron chi connectivity index (χ2n) is 4.10. The zero-order valence-electron chi connectivity index (χ0n) is 10.6. The van der Waals surface area contributed by atoms with E-state index in [2.05, 4.69) is 20.9 Å². The van der Waals surface area contributed by atoms with Crippen LogP contribution in [0.2, 0.25) is 0 Å². The molecule has 0 saturated carbocycles. The molecule has 0 aliphatic rings. The quantitative estimate of drug-likeness (QED) is 0.900. The highest BCUT2D eigenvalue weighted by atomic mass is 79.9. The van der Waals surface area contributed by atoms with Crippen LogP contribution < -0.4 is 0 Å². The summed E-state index contributed by atoms with van der Waals surface area (Å²) in [5.74, 6) is -1.01. The average Bonchev–Trinajstić information content (AvgIpc) is 2.47. The normalized spacial score (nSPS) is 11.6. The molecule has 1 unspecified atom stereocenters. The topological polar surface area (TPSA) is 91.0 Å². The van der Waals surface area contributed by atoms with Crippen LogP contribution in [0.4, 0.5) is 0 Å². The summed E-state index contributed by atoms with van der Waals surface area (Å²) >= 11 is 3.24. The van der Waals surface area contributed by atoms with E-state index < -0.39 is 16.8 Å². The monoisotopic (exact) mass is 364 g/mol. The molecule has 21 heavy (non-hydrogen) atoms. The Morgan fingerprint density at radius 2 is 2.14 bits per heavy atom. The van der Waals surface area contributed by atoms with Gasteiger partial charge in [0.1, 0.15) is 11.8 Å². The van der Waals surface area contributed by atoms with E-state index in [1.54, 1.807) is 12.1 Å². The number of halogens is 1. The molecule has 0 fully saturated rings. The fourth-order valence-corrected chi connectivity index (χ4v) is 3.53. The molecule has 0 radical (unpaired) electrons. The smallest absolute Gasteiger partial charge is 0.336 e. The first-order valence-electron chi connectivity index (χ1n) is 5.77. The molecule has 2 aromatic rings. The van der Waals surface area contributed by atoms with E-state index in [1.165, 1.54) is 24.4 Å². The number of aromatic nitrogens is 1. The average molecular weight is 365 g/mol. The standard InChI is InChI=1S/C14H9BrN2O3S/c15-10-1-2-12(14(18)19)13(6-10)21(20)8-9-3-4-17-11(5-9)7-16/h1-6H,8H2,(H,18,19). The molecule has 106 valence electrons. The number of carboxylic acid groups (broad SMARTS) is 1. The van der Waals surface area contributed by atoms with Crippen LogP contribution in [0.15, 0.2) is 45.9 Å². The van der Waals surface area contributed by atoms with Gasteiger partial charge >= 0.3 is 5.97 Å². The van der Waals surface area contributed by atoms with Crippen molar-refractivity contribution >= 4 is 32.7 Å². The largest absolute Gasteiger partial charge is 0.478 e. The highest BCUT2D eigenvalue weighted by molar-refractivity contribution is 9.10. The minimum atomic E-state index is -1.54. The number of pyridine rings is 1. The van der Waals surface area contributed by atoms with Crippen molar-refractivity contribution in [1.29, 1.82) is 5.26 Å². The maximum absolute atomic E-state index is 12.4. The molecule has 0 aliphatic carbocycles. The van der Waals surface area contributed by atoms with Crippen LogP contribution in [0.5, 0.6) is 0 Å². The van der Waals surface area contributed by atoms with Gasteiger partial charge in [-0.05, 0) is 35.9 Å². The fourth-order valence-electron chi connectivity index (χ4n) is 1.72. The van der Waals surface area contributed by atoms with Gasteiger partial charge in [-0.2, -0.15) is 5.26 Å². The van der Waals surface area contributed by atoms with Gasteiger partial charge < -0.3 is 5.11 Å². The highest BCUT2D eigenvalue weighted by Crippen LogP contribution is 2.22. The molecular formula is C14H9BrN2O3S. The molecule has 5 nitrogen and oxygen atoms in total. The lowest BCUT2D eigenvalue weighted by molar-refractivity contribution is 0.0693. The van der Waals surface area contributed by atoms with E-state index in [1.807, 2.05) is 6.07 Å². The van der Waals surface area contributed by atoms with Gasteiger partial charge in [-0.25, -0.2) is 9.78 Å². The van der Waals surface area contributed by atoms with E-state index >= 15 is 0 Å². The molecule has 1 heterocycles. The maximum Gasteiger partial charge on any atom is 0.336 e. The van der Waals surface area contributed by atoms with E-state index in [-0.39, 0.29) is 21.9 Å². The lowest BCUT2D eigenvalue weighted by Gasteiger charge is -2.07. The lowest BCUT2D eigenvalue weighted by Crippen LogP contribution is -2.06. The Balaban J connectivity index is 2.34. The summed E-state index contributed by atoms with van der Waals surface area (Å²) in [7, 11) is -1.54. The van der Waals surface area contributed by atoms with Crippen LogP contribution >= 0.6 is 15.9 Å². The Morgan fingerprint density at radius 3 is 2.81 bits per heavy atom. The van der Waals surface area contributed by atoms with Gasteiger partial charge in [0, 0.05) is 10.7 Å². The van der Waals surface area contributed by atoms with Crippen molar-refractivity contribution < 1.29 is 14.1 Å². The molecule has 0 amide bonds. The summed E-state index contributed by atoms with van der Waals surface area (Å²) in [4.78, 5) is 15.3. The predicted molar refractivity (Wildman–Crippen MR) is 80.2 cm³/mol. The van der Waals surface area contributed by atoms with Gasteiger partial charge in [0.05, 0.1) is 27.0 Å². The second kappa shape index (κ2) is 6.61. The van der Waals surface area contributed by atoms with Crippen molar-refractivity contribution in [3.8, 4) is 6.07 Å². The number of benzene rings is 1. The maximum atomic E-state index is 12.4. The minimum absolute atomic E-state index is 0.00564. The Hall–Kier alpha value is -2.04. The van der Waals surface area contributed by atoms with Crippen molar-refractivity contribution in [2.24, 2.45) is 0 Å². The number of nitriles is 1. The van der Waals surface area contributed by atoms with Crippen LogP contribution in [0, 0.1) is 11.3 Å². The molecule has 0 bridgehead atoms. The zero-order valence-corrected chi connectivity index (χ0v) is 13.0. The Morgan fingerprint density at radius 1 is 1.38 bits per heavy atom. The summed E-state index contributed by atoms with van der Waals surface area (Å²) in [6.45, 7) is 0. The molecule has 0 aliphatic heterocycles. The SMILES string of the molecule is N#Cc1cc(CS(=O)c2cc(Br)ccc2C(=O)O)ccn1. The molecule has 1 atom stereocenters. The van der Waals surface area contributed by atoms with E-state index in [9.17, 15) is 9.00 Å². The van der Waals surface area contributed by atoms with Crippen LogP contribution in [-0.4, -0.2) is 20.3 Å². The molecule has 1 aromatic carbocycles. The van der Waals surface area contributed by atoms with E-state index in [4.69, 9.17) is 10.4 Å². The molecule has 0 saturated heterocycles. The first-order valence-corrected chi connectivity index (χ1v) is 7.88. The van der Waals surface area contributed by atoms with Crippen molar-refractivity contribution in [2.45, 2.75) is 10.6 Å². The first-order chi connectivity index (χ1) is 10.0. The summed E-state index contributed by atoms with van der Waals surface area (Å²) in [5, 5.41) is 17.9. The number of aromatic carboxylic acids is 1. The van der Waals surface area contributed by atoms with Crippen LogP contribution in [0.25, 0.3) is 0 Å². The number of nitrogens with zero attached hydrogens (tertiary/aromatic N) is 2. The summed E-state index contributed by atoms with van der Waals surface area (Å²) in [6, 6.07) is 9.63. The minimum Gasteiger partial charge on any atom is -0.478 e. The van der Waals surface area contributed by atoms with Crippen molar-refractivity contribution in [3.63, 3.8) is 0 Å². The van der Waals surface area contributed by atoms with E-state index in [0.717, 1.165) is 0 Å². The molecule has 2 rings (SSSR count). The van der Waals surface area contributed by atoms with E-state index in [0.29, 0.717) is 10.0 Å². The third-order valence-corrected chi connectivity index (χ3v) is 4.57. The summed E-state index contributed by atoms with van der Waals surface area (Å²) in [5.41, 5.74) is 0.902. The Labute approximate surface area is 131 Å². The Bertz CT molecular complexity index is 771. The number of rotatable bonds is 4. The predicted octanol–water partition coefficient (Wildman–Crippen LogP) is 2.72. The summed E-state index contributed by atoms with van der Waals surface area (Å²) < 4.78 is 13.1. The van der Waals surface area contributed by atoms with Crippen molar-refractivity contribution in [1.82, 2.24) is 4.98 Å². The number of hydrogen-bond acceptors (Lipinski definition) is 4. The van der Waals surface area contributed by atoms with Crippen LogP contribution in [0.3, 0.4) is 0 Å². The second-order valence-corrected chi connectivity index (χ2v) is 6.43. The number of carbonyl (C=O) groups is 1. The first kappa shape index (κ1) is 15.4. The molecule has 1 N–H and O–H groups in total. The number of carboxylic acids is 1. The fraction of sp³-hybridized carbons (Fsp3) is 0.0714. The highest BCUT2D eigenvalue weighted by Gasteiger charge is 2.16. The van der Waals surface area contributed by atoms with Gasteiger partial charge in [-0.15, -0.1) is 0 Å². The third kappa shape index (κ3) is 3.74. The molecular weight excluding hydrogens is 356 g/mol. The van der Waals surface area contributed by atoms with Gasteiger partial charge in [-0.3, -0.25) is 4.21 Å². The van der Waals surface area contributed by atoms with Gasteiger partial charge in [0.2, 0.25) is 0 Å². The third-order valence-electron chi connectivity index (χ3n) is 2.66. The zero-order chi connectivity index (χ0) is 15.4. The summed E-state index contributed by atoms with van der Waals surface area (Å²) in [6.07, 6.45) is 1.46. The number of hydrogen-bond donors (Lipinski definition) is 1.